The third-order valence-electron chi connectivity index (χ3n) is 4.76. The second-order valence-electron chi connectivity index (χ2n) is 7.22. The molecule has 0 spiro atoms. The molecule has 1 heterocycles. The second-order valence-corrected chi connectivity index (χ2v) is 8.53. The minimum Gasteiger partial charge on any atom is -0.497 e. The Labute approximate surface area is 176 Å². The van der Waals surface area contributed by atoms with Crippen molar-refractivity contribution in [3.05, 3.63) is 66.0 Å². The molecule has 3 rings (SSSR count). The summed E-state index contributed by atoms with van der Waals surface area (Å²) >= 11 is 1.43. The molecule has 29 heavy (non-hydrogen) atoms. The highest BCUT2D eigenvalue weighted by Crippen LogP contribution is 2.30. The molecule has 1 amide bonds. The molecule has 5 nitrogen and oxygen atoms in total. The zero-order valence-electron chi connectivity index (χ0n) is 17.5. The van der Waals surface area contributed by atoms with Crippen LogP contribution in [0.15, 0.2) is 60.0 Å². The topological polar surface area (TPSA) is 56.2 Å². The van der Waals surface area contributed by atoms with Crippen LogP contribution in [0.4, 0.5) is 5.69 Å². The Kier molecular flexibility index (Phi) is 6.64. The number of aryl methyl sites for hydroxylation is 1. The standard InChI is InChI=1S/C23H27N3O2S/c1-15(2)20-11-6-8-16(3)21(20)25-22(27)17(4)29-23-24-12-13-26(23)18-9-7-10-19(14-18)28-5/h6-15,17H,1-5H3,(H,25,27). The summed E-state index contributed by atoms with van der Waals surface area (Å²) in [4.78, 5) is 17.4. The molecule has 6 heteroatoms. The van der Waals surface area contributed by atoms with Crippen molar-refractivity contribution in [2.75, 3.05) is 12.4 Å². The molecule has 0 aliphatic carbocycles. The number of ether oxygens (including phenoxy) is 1. The largest absolute Gasteiger partial charge is 0.497 e. The first kappa shape index (κ1) is 21.0. The van der Waals surface area contributed by atoms with Gasteiger partial charge in [-0.3, -0.25) is 9.36 Å². The van der Waals surface area contributed by atoms with Gasteiger partial charge in [-0.15, -0.1) is 0 Å². The van der Waals surface area contributed by atoms with Crippen LogP contribution < -0.4 is 10.1 Å². The summed E-state index contributed by atoms with van der Waals surface area (Å²) in [5.41, 5.74) is 4.07. The first-order valence-electron chi connectivity index (χ1n) is 9.65. The van der Waals surface area contributed by atoms with E-state index in [-0.39, 0.29) is 11.2 Å². The molecular weight excluding hydrogens is 382 g/mol. The summed E-state index contributed by atoms with van der Waals surface area (Å²) < 4.78 is 7.28. The Morgan fingerprint density at radius 2 is 1.93 bits per heavy atom. The lowest BCUT2D eigenvalue weighted by molar-refractivity contribution is -0.115. The number of nitrogens with one attached hydrogen (secondary N) is 1. The van der Waals surface area contributed by atoms with Gasteiger partial charge in [-0.05, 0) is 43.0 Å². The maximum absolute atomic E-state index is 12.9. The summed E-state index contributed by atoms with van der Waals surface area (Å²) in [6.07, 6.45) is 3.63. The molecule has 1 N–H and O–H groups in total. The average Bonchev–Trinajstić information content (AvgIpc) is 3.17. The van der Waals surface area contributed by atoms with Gasteiger partial charge in [0.25, 0.3) is 0 Å². The average molecular weight is 410 g/mol. The summed E-state index contributed by atoms with van der Waals surface area (Å²) in [7, 11) is 1.64. The number of thioether (sulfide) groups is 1. The highest BCUT2D eigenvalue weighted by Gasteiger charge is 2.20. The molecule has 1 atom stereocenters. The fourth-order valence-corrected chi connectivity index (χ4v) is 4.00. The van der Waals surface area contributed by atoms with E-state index < -0.39 is 0 Å². The zero-order valence-corrected chi connectivity index (χ0v) is 18.3. The lowest BCUT2D eigenvalue weighted by Gasteiger charge is -2.19. The Morgan fingerprint density at radius 3 is 2.66 bits per heavy atom. The van der Waals surface area contributed by atoms with Crippen molar-refractivity contribution in [1.82, 2.24) is 9.55 Å². The number of carbonyl (C=O) groups excluding carboxylic acids is 1. The van der Waals surface area contributed by atoms with Crippen molar-refractivity contribution >= 4 is 23.4 Å². The zero-order chi connectivity index (χ0) is 21.0. The molecule has 152 valence electrons. The van der Waals surface area contributed by atoms with Gasteiger partial charge in [-0.2, -0.15) is 0 Å². The van der Waals surface area contributed by atoms with Crippen LogP contribution in [0.3, 0.4) is 0 Å². The number of imidazole rings is 1. The summed E-state index contributed by atoms with van der Waals surface area (Å²) in [5, 5.41) is 3.59. The predicted octanol–water partition coefficient (Wildman–Crippen LogP) is 5.43. The number of amides is 1. The SMILES string of the molecule is COc1cccc(-n2ccnc2SC(C)C(=O)Nc2c(C)cccc2C(C)C)c1. The second kappa shape index (κ2) is 9.18. The van der Waals surface area contributed by atoms with Crippen LogP contribution in [-0.4, -0.2) is 27.8 Å². The van der Waals surface area contributed by atoms with Crippen LogP contribution >= 0.6 is 11.8 Å². The maximum Gasteiger partial charge on any atom is 0.237 e. The van der Waals surface area contributed by atoms with Gasteiger partial charge in [0.2, 0.25) is 5.91 Å². The minimum atomic E-state index is -0.304. The number of benzene rings is 2. The van der Waals surface area contributed by atoms with Gasteiger partial charge >= 0.3 is 0 Å². The number of methoxy groups -OCH3 is 1. The molecule has 0 saturated heterocycles. The van der Waals surface area contributed by atoms with Gasteiger partial charge in [0.15, 0.2) is 5.16 Å². The molecule has 0 saturated carbocycles. The van der Waals surface area contributed by atoms with Gasteiger partial charge in [0.05, 0.1) is 18.0 Å². The fourth-order valence-electron chi connectivity index (χ4n) is 3.11. The number of hydrogen-bond donors (Lipinski definition) is 1. The molecule has 1 aromatic heterocycles. The normalized spacial score (nSPS) is 12.1. The number of rotatable bonds is 7. The van der Waals surface area contributed by atoms with E-state index in [1.54, 1.807) is 13.3 Å². The van der Waals surface area contributed by atoms with Crippen molar-refractivity contribution in [3.8, 4) is 11.4 Å². The highest BCUT2D eigenvalue weighted by atomic mass is 32.2. The molecule has 0 fully saturated rings. The number of aromatic nitrogens is 2. The fraction of sp³-hybridized carbons (Fsp3) is 0.304. The van der Waals surface area contributed by atoms with E-state index in [1.165, 1.54) is 11.8 Å². The molecule has 0 radical (unpaired) electrons. The third kappa shape index (κ3) is 4.82. The summed E-state index contributed by atoms with van der Waals surface area (Å²) in [6.45, 7) is 8.19. The van der Waals surface area contributed by atoms with E-state index in [0.29, 0.717) is 5.92 Å². The number of carbonyl (C=O) groups is 1. The van der Waals surface area contributed by atoms with Gasteiger partial charge in [-0.1, -0.05) is 49.9 Å². The van der Waals surface area contributed by atoms with E-state index in [0.717, 1.165) is 33.4 Å². The number of nitrogens with zero attached hydrogens (tertiary/aromatic N) is 2. The van der Waals surface area contributed by atoms with Crippen molar-refractivity contribution in [3.63, 3.8) is 0 Å². The molecular formula is C23H27N3O2S. The lowest BCUT2D eigenvalue weighted by Crippen LogP contribution is -2.24. The summed E-state index contributed by atoms with van der Waals surface area (Å²) in [6, 6.07) is 13.9. The van der Waals surface area contributed by atoms with Crippen LogP contribution in [0, 0.1) is 6.92 Å². The van der Waals surface area contributed by atoms with Crippen LogP contribution in [0.2, 0.25) is 0 Å². The monoisotopic (exact) mass is 409 g/mol. The molecule has 2 aromatic carbocycles. The van der Waals surface area contributed by atoms with Crippen molar-refractivity contribution in [1.29, 1.82) is 0 Å². The quantitative estimate of drug-likeness (QED) is 0.529. The van der Waals surface area contributed by atoms with Crippen molar-refractivity contribution in [2.45, 2.75) is 44.0 Å². The Bertz CT molecular complexity index is 997. The molecule has 1 unspecified atom stereocenters. The van der Waals surface area contributed by atoms with Crippen LogP contribution in [0.25, 0.3) is 5.69 Å². The van der Waals surface area contributed by atoms with Crippen LogP contribution in [-0.2, 0) is 4.79 Å². The highest BCUT2D eigenvalue weighted by molar-refractivity contribution is 8.00. The van der Waals surface area contributed by atoms with E-state index >= 15 is 0 Å². The van der Waals surface area contributed by atoms with Crippen LogP contribution in [0.1, 0.15) is 37.8 Å². The predicted molar refractivity (Wildman–Crippen MR) is 119 cm³/mol. The smallest absolute Gasteiger partial charge is 0.237 e. The van der Waals surface area contributed by atoms with Crippen LogP contribution in [0.5, 0.6) is 5.75 Å². The van der Waals surface area contributed by atoms with Gasteiger partial charge < -0.3 is 10.1 Å². The molecule has 0 aliphatic heterocycles. The number of anilines is 1. The minimum absolute atomic E-state index is 0.0357. The Balaban J connectivity index is 1.78. The van der Waals surface area contributed by atoms with Gasteiger partial charge in [0, 0.05) is 24.1 Å². The molecule has 3 aromatic rings. The number of para-hydroxylation sites is 1. The first-order chi connectivity index (χ1) is 13.9. The van der Waals surface area contributed by atoms with E-state index in [9.17, 15) is 4.79 Å². The number of hydrogen-bond acceptors (Lipinski definition) is 4. The lowest BCUT2D eigenvalue weighted by atomic mass is 9.98. The molecule has 0 bridgehead atoms. The van der Waals surface area contributed by atoms with Gasteiger partial charge in [0.1, 0.15) is 5.75 Å². The van der Waals surface area contributed by atoms with E-state index in [1.807, 2.05) is 61.0 Å². The maximum atomic E-state index is 12.9. The van der Waals surface area contributed by atoms with Crippen molar-refractivity contribution in [2.24, 2.45) is 0 Å². The third-order valence-corrected chi connectivity index (χ3v) is 5.85. The van der Waals surface area contributed by atoms with Crippen molar-refractivity contribution < 1.29 is 9.53 Å². The van der Waals surface area contributed by atoms with E-state index in [2.05, 4.69) is 30.2 Å². The Morgan fingerprint density at radius 1 is 1.17 bits per heavy atom. The summed E-state index contributed by atoms with van der Waals surface area (Å²) in [5.74, 6) is 1.07. The molecule has 0 aliphatic rings. The van der Waals surface area contributed by atoms with E-state index in [4.69, 9.17) is 4.74 Å². The first-order valence-corrected chi connectivity index (χ1v) is 10.5. The Hall–Kier alpha value is -2.73. The van der Waals surface area contributed by atoms with Gasteiger partial charge in [-0.25, -0.2) is 4.98 Å².